The molecule has 114 valence electrons. The molecule has 2 aromatic rings. The van der Waals surface area contributed by atoms with E-state index in [2.05, 4.69) is 51.6 Å². The lowest BCUT2D eigenvalue weighted by Gasteiger charge is -2.14. The Morgan fingerprint density at radius 1 is 1.48 bits per heavy atom. The average Bonchev–Trinajstić information content (AvgIpc) is 3.09. The van der Waals surface area contributed by atoms with Crippen LogP contribution in [-0.4, -0.2) is 18.6 Å². The summed E-state index contributed by atoms with van der Waals surface area (Å²) in [7, 11) is 2.14. The Balaban J connectivity index is 1.74. The van der Waals surface area contributed by atoms with Gasteiger partial charge < -0.3 is 10.2 Å². The minimum absolute atomic E-state index is 0.716. The van der Waals surface area contributed by atoms with Gasteiger partial charge >= 0.3 is 0 Å². The van der Waals surface area contributed by atoms with Crippen molar-refractivity contribution in [1.29, 1.82) is 0 Å². The lowest BCUT2D eigenvalue weighted by Crippen LogP contribution is -2.15. The van der Waals surface area contributed by atoms with Crippen molar-refractivity contribution in [2.45, 2.75) is 38.8 Å². The van der Waals surface area contributed by atoms with E-state index in [1.54, 1.807) is 11.3 Å². The molecule has 0 spiro atoms. The second-order valence-electron chi connectivity index (χ2n) is 5.45. The van der Waals surface area contributed by atoms with E-state index in [0.29, 0.717) is 5.92 Å². The number of halogens is 1. The number of thiazole rings is 1. The molecule has 0 amide bonds. The van der Waals surface area contributed by atoms with Gasteiger partial charge in [-0.2, -0.15) is 0 Å². The molecule has 0 atom stereocenters. The highest BCUT2D eigenvalue weighted by Crippen LogP contribution is 2.44. The largest absolute Gasteiger partial charge is 0.346 e. The first-order chi connectivity index (χ1) is 10.2. The van der Waals surface area contributed by atoms with E-state index < -0.39 is 0 Å². The SMILES string of the molecule is CCNCc1sc(N(C)Cc2cc(Br)cs2)nc1C1CC1. The fraction of sp³-hybridized carbons (Fsp3) is 0.533. The maximum atomic E-state index is 4.93. The Morgan fingerprint density at radius 3 is 2.90 bits per heavy atom. The van der Waals surface area contributed by atoms with Gasteiger partial charge in [0, 0.05) is 39.1 Å². The summed E-state index contributed by atoms with van der Waals surface area (Å²) in [5.74, 6) is 0.716. The van der Waals surface area contributed by atoms with E-state index in [4.69, 9.17) is 4.98 Å². The van der Waals surface area contributed by atoms with Gasteiger partial charge in [-0.25, -0.2) is 4.98 Å². The van der Waals surface area contributed by atoms with Crippen molar-refractivity contribution in [3.05, 3.63) is 31.4 Å². The molecule has 2 heterocycles. The molecule has 1 aliphatic rings. The number of rotatable bonds is 7. The predicted molar refractivity (Wildman–Crippen MR) is 95.6 cm³/mol. The first-order valence-corrected chi connectivity index (χ1v) is 9.80. The van der Waals surface area contributed by atoms with Crippen molar-refractivity contribution in [3.8, 4) is 0 Å². The van der Waals surface area contributed by atoms with E-state index in [1.807, 2.05) is 11.3 Å². The van der Waals surface area contributed by atoms with Crippen LogP contribution in [0, 0.1) is 0 Å². The van der Waals surface area contributed by atoms with Gasteiger partial charge in [0.2, 0.25) is 0 Å². The number of anilines is 1. The van der Waals surface area contributed by atoms with Crippen LogP contribution in [0.2, 0.25) is 0 Å². The minimum Gasteiger partial charge on any atom is -0.346 e. The van der Waals surface area contributed by atoms with Crippen LogP contribution in [0.4, 0.5) is 5.13 Å². The van der Waals surface area contributed by atoms with Gasteiger partial charge in [0.25, 0.3) is 0 Å². The van der Waals surface area contributed by atoms with Crippen LogP contribution in [0.25, 0.3) is 0 Å². The molecule has 6 heteroatoms. The quantitative estimate of drug-likeness (QED) is 0.754. The molecule has 1 saturated carbocycles. The number of hydrogen-bond donors (Lipinski definition) is 1. The summed E-state index contributed by atoms with van der Waals surface area (Å²) in [6.07, 6.45) is 2.62. The topological polar surface area (TPSA) is 28.2 Å². The molecular formula is C15H20BrN3S2. The summed E-state index contributed by atoms with van der Waals surface area (Å²) < 4.78 is 1.17. The van der Waals surface area contributed by atoms with E-state index in [9.17, 15) is 0 Å². The van der Waals surface area contributed by atoms with Crippen LogP contribution < -0.4 is 10.2 Å². The second kappa shape index (κ2) is 6.77. The zero-order valence-corrected chi connectivity index (χ0v) is 15.6. The Bertz CT molecular complexity index is 604. The van der Waals surface area contributed by atoms with Gasteiger partial charge in [-0.05, 0) is 41.4 Å². The minimum atomic E-state index is 0.716. The maximum absolute atomic E-state index is 4.93. The van der Waals surface area contributed by atoms with Gasteiger partial charge in [0.1, 0.15) is 0 Å². The molecule has 0 bridgehead atoms. The monoisotopic (exact) mass is 385 g/mol. The smallest absolute Gasteiger partial charge is 0.185 e. The molecule has 0 saturated heterocycles. The third-order valence-corrected chi connectivity index (χ3v) is 6.42. The van der Waals surface area contributed by atoms with Gasteiger partial charge in [0.05, 0.1) is 12.2 Å². The molecule has 1 aliphatic carbocycles. The van der Waals surface area contributed by atoms with Gasteiger partial charge in [0.15, 0.2) is 5.13 Å². The molecule has 0 aliphatic heterocycles. The molecule has 21 heavy (non-hydrogen) atoms. The van der Waals surface area contributed by atoms with Crippen molar-refractivity contribution in [2.24, 2.45) is 0 Å². The van der Waals surface area contributed by atoms with E-state index in [-0.39, 0.29) is 0 Å². The molecule has 1 fully saturated rings. The first kappa shape index (κ1) is 15.5. The number of hydrogen-bond acceptors (Lipinski definition) is 5. The molecular weight excluding hydrogens is 366 g/mol. The summed E-state index contributed by atoms with van der Waals surface area (Å²) in [5.41, 5.74) is 1.34. The summed E-state index contributed by atoms with van der Waals surface area (Å²) in [6, 6.07) is 2.19. The molecule has 0 radical (unpaired) electrons. The van der Waals surface area contributed by atoms with Gasteiger partial charge in [-0.15, -0.1) is 22.7 Å². The Labute approximate surface area is 142 Å². The first-order valence-electron chi connectivity index (χ1n) is 7.31. The zero-order valence-electron chi connectivity index (χ0n) is 12.4. The lowest BCUT2D eigenvalue weighted by molar-refractivity contribution is 0.726. The molecule has 2 aromatic heterocycles. The fourth-order valence-electron chi connectivity index (χ4n) is 2.29. The normalized spacial score (nSPS) is 14.6. The number of aromatic nitrogens is 1. The second-order valence-corrected chi connectivity index (χ2v) is 8.42. The van der Waals surface area contributed by atoms with Crippen molar-refractivity contribution >= 4 is 43.7 Å². The number of thiophene rings is 1. The van der Waals surface area contributed by atoms with Crippen molar-refractivity contribution in [2.75, 3.05) is 18.5 Å². The van der Waals surface area contributed by atoms with Crippen LogP contribution >= 0.6 is 38.6 Å². The van der Waals surface area contributed by atoms with Crippen molar-refractivity contribution < 1.29 is 0 Å². The van der Waals surface area contributed by atoms with Gasteiger partial charge in [-0.1, -0.05) is 6.92 Å². The molecule has 0 aromatic carbocycles. The lowest BCUT2D eigenvalue weighted by atomic mass is 10.2. The van der Waals surface area contributed by atoms with Crippen LogP contribution in [0.15, 0.2) is 15.9 Å². The Kier molecular flexibility index (Phi) is 4.99. The van der Waals surface area contributed by atoms with Crippen LogP contribution in [-0.2, 0) is 13.1 Å². The molecule has 3 rings (SSSR count). The standard InChI is InChI=1S/C15H20BrN3S2/c1-3-17-7-13-14(10-4-5-10)18-15(21-13)19(2)8-12-6-11(16)9-20-12/h6,9-10,17H,3-5,7-8H2,1-2H3. The third-order valence-electron chi connectivity index (χ3n) is 3.56. The van der Waals surface area contributed by atoms with Crippen molar-refractivity contribution in [3.63, 3.8) is 0 Å². The fourth-order valence-corrected chi connectivity index (χ4v) is 4.87. The van der Waals surface area contributed by atoms with Gasteiger partial charge in [-0.3, -0.25) is 0 Å². The number of nitrogens with zero attached hydrogens (tertiary/aromatic N) is 2. The Hall–Kier alpha value is -0.430. The highest BCUT2D eigenvalue weighted by atomic mass is 79.9. The van der Waals surface area contributed by atoms with Crippen LogP contribution in [0.3, 0.4) is 0 Å². The molecule has 1 N–H and O–H groups in total. The van der Waals surface area contributed by atoms with Crippen molar-refractivity contribution in [1.82, 2.24) is 10.3 Å². The average molecular weight is 386 g/mol. The zero-order chi connectivity index (χ0) is 14.8. The summed E-state index contributed by atoms with van der Waals surface area (Å²) >= 11 is 7.16. The summed E-state index contributed by atoms with van der Waals surface area (Å²) in [6.45, 7) is 5.04. The maximum Gasteiger partial charge on any atom is 0.185 e. The Morgan fingerprint density at radius 2 is 2.29 bits per heavy atom. The third kappa shape index (κ3) is 3.86. The van der Waals surface area contributed by atoms with E-state index >= 15 is 0 Å². The number of nitrogens with one attached hydrogen (secondary N) is 1. The molecule has 3 nitrogen and oxygen atoms in total. The van der Waals surface area contributed by atoms with E-state index in [1.165, 1.54) is 32.8 Å². The predicted octanol–water partition coefficient (Wildman–Crippen LogP) is 4.59. The molecule has 0 unspecified atom stereocenters. The highest BCUT2D eigenvalue weighted by molar-refractivity contribution is 9.10. The highest BCUT2D eigenvalue weighted by Gasteiger charge is 2.30. The summed E-state index contributed by atoms with van der Waals surface area (Å²) in [4.78, 5) is 9.98. The van der Waals surface area contributed by atoms with Crippen LogP contribution in [0.1, 0.15) is 41.1 Å². The van der Waals surface area contributed by atoms with Crippen LogP contribution in [0.5, 0.6) is 0 Å². The van der Waals surface area contributed by atoms with E-state index in [0.717, 1.165) is 24.8 Å². The summed E-state index contributed by atoms with van der Waals surface area (Å²) in [5, 5.41) is 6.72.